The molecule has 102 valence electrons. The fourth-order valence-corrected chi connectivity index (χ4v) is 2.32. The number of hydrogen-bond acceptors (Lipinski definition) is 6. The normalized spacial score (nSPS) is 40.7. The molecule has 0 saturated carbocycles. The molecule has 0 radical (unpaired) electrons. The summed E-state index contributed by atoms with van der Waals surface area (Å²) < 4.78 is 5.37. The van der Waals surface area contributed by atoms with Crippen LogP contribution in [-0.4, -0.2) is 62.9 Å². The van der Waals surface area contributed by atoms with E-state index < -0.39 is 30.2 Å². The van der Waals surface area contributed by atoms with Gasteiger partial charge in [0.1, 0.15) is 17.6 Å². The highest BCUT2D eigenvalue weighted by molar-refractivity contribution is 6.21. The lowest BCUT2D eigenvalue weighted by Gasteiger charge is -2.36. The average molecular weight is 279 g/mol. The van der Waals surface area contributed by atoms with Crippen molar-refractivity contribution in [2.45, 2.75) is 37.1 Å². The third kappa shape index (κ3) is 2.19. The van der Waals surface area contributed by atoms with Gasteiger partial charge in [-0.05, 0) is 6.92 Å². The van der Waals surface area contributed by atoms with Crippen molar-refractivity contribution in [3.63, 3.8) is 0 Å². The van der Waals surface area contributed by atoms with Crippen LogP contribution in [0.5, 0.6) is 0 Å². The smallest absolute Gasteiger partial charge is 0.251 e. The minimum Gasteiger partial charge on any atom is -0.394 e. The van der Waals surface area contributed by atoms with Crippen molar-refractivity contribution in [1.29, 1.82) is 0 Å². The number of halogens is 1. The topological polar surface area (TPSA) is 102 Å². The van der Waals surface area contributed by atoms with E-state index in [1.165, 1.54) is 11.1 Å². The van der Waals surface area contributed by atoms with Crippen LogP contribution in [0.25, 0.3) is 0 Å². The Bertz CT molecular complexity index is 377. The Morgan fingerprint density at radius 2 is 2.22 bits per heavy atom. The second kappa shape index (κ2) is 5.02. The Morgan fingerprint density at radius 3 is 2.78 bits per heavy atom. The van der Waals surface area contributed by atoms with Crippen molar-refractivity contribution >= 4 is 17.5 Å². The van der Waals surface area contributed by atoms with Crippen molar-refractivity contribution in [3.8, 4) is 0 Å². The monoisotopic (exact) mass is 278 g/mol. The van der Waals surface area contributed by atoms with Gasteiger partial charge < -0.3 is 30.3 Å². The predicted molar refractivity (Wildman–Crippen MR) is 61.1 cm³/mol. The van der Waals surface area contributed by atoms with Gasteiger partial charge in [-0.2, -0.15) is 0 Å². The van der Waals surface area contributed by atoms with Gasteiger partial charge in [-0.3, -0.25) is 4.79 Å². The largest absolute Gasteiger partial charge is 0.394 e. The molecule has 7 nitrogen and oxygen atoms in total. The summed E-state index contributed by atoms with van der Waals surface area (Å²) in [5.41, 5.74) is 0.384. The van der Waals surface area contributed by atoms with E-state index in [1.807, 2.05) is 0 Å². The Labute approximate surface area is 109 Å². The first kappa shape index (κ1) is 13.6. The molecule has 2 aliphatic rings. The van der Waals surface area contributed by atoms with Gasteiger partial charge in [-0.15, -0.1) is 11.6 Å². The number of nitrogens with one attached hydrogen (secondary N) is 1. The second-order valence-electron chi connectivity index (χ2n) is 4.29. The molecular formula is C10H15ClN2O5. The zero-order valence-corrected chi connectivity index (χ0v) is 10.4. The van der Waals surface area contributed by atoms with E-state index >= 15 is 0 Å². The number of aliphatic hydroxyl groups excluding tert-OH is 3. The lowest BCUT2D eigenvalue weighted by Crippen LogP contribution is -2.55. The Balaban J connectivity index is 2.19. The first-order valence-electron chi connectivity index (χ1n) is 5.49. The maximum absolute atomic E-state index is 11.3. The third-order valence-electron chi connectivity index (χ3n) is 3.01. The van der Waals surface area contributed by atoms with Crippen molar-refractivity contribution in [1.82, 2.24) is 10.2 Å². The molecule has 2 heterocycles. The number of carbonyl (C=O) groups is 1. The first-order chi connectivity index (χ1) is 8.45. The van der Waals surface area contributed by atoms with Gasteiger partial charge in [0.25, 0.3) is 5.91 Å². The number of rotatable bonds is 2. The summed E-state index contributed by atoms with van der Waals surface area (Å²) in [6.07, 6.45) is -2.55. The van der Waals surface area contributed by atoms with Crippen molar-refractivity contribution < 1.29 is 24.9 Å². The van der Waals surface area contributed by atoms with Crippen LogP contribution < -0.4 is 5.32 Å². The Hall–Kier alpha value is -0.860. The fraction of sp³-hybridized carbons (Fsp3) is 0.700. The van der Waals surface area contributed by atoms with E-state index in [-0.39, 0.29) is 12.5 Å². The van der Waals surface area contributed by atoms with E-state index in [0.29, 0.717) is 5.57 Å². The summed E-state index contributed by atoms with van der Waals surface area (Å²) in [5, 5.41) is 30.0. The molecule has 0 spiro atoms. The summed E-state index contributed by atoms with van der Waals surface area (Å²) >= 11 is 6.00. The summed E-state index contributed by atoms with van der Waals surface area (Å²) in [6.45, 7) is 1.20. The van der Waals surface area contributed by atoms with Crippen LogP contribution in [0.15, 0.2) is 11.8 Å². The van der Waals surface area contributed by atoms with Crippen LogP contribution in [0.2, 0.25) is 0 Å². The highest BCUT2D eigenvalue weighted by Crippen LogP contribution is 2.30. The van der Waals surface area contributed by atoms with Crippen molar-refractivity contribution in [2.24, 2.45) is 0 Å². The zero-order chi connectivity index (χ0) is 13.4. The van der Waals surface area contributed by atoms with Crippen LogP contribution in [0, 0.1) is 0 Å². The number of nitrogens with zero attached hydrogens (tertiary/aromatic N) is 1. The highest BCUT2D eigenvalue weighted by atomic mass is 35.5. The number of carbonyl (C=O) groups excluding carboxylic acids is 1. The minimum absolute atomic E-state index is 0.375. The van der Waals surface area contributed by atoms with E-state index in [4.69, 9.17) is 21.4 Å². The third-order valence-corrected chi connectivity index (χ3v) is 3.48. The molecule has 4 N–H and O–H groups in total. The molecule has 8 heteroatoms. The SMILES string of the molecule is CC1=CN([C@@H]2O[C@H](CO)C(O)C2Cl)C(O)NC1=O. The highest BCUT2D eigenvalue weighted by Gasteiger charge is 2.46. The molecule has 3 unspecified atom stereocenters. The molecule has 5 atom stereocenters. The molecule has 0 bridgehead atoms. The molecule has 0 aromatic heterocycles. The van der Waals surface area contributed by atoms with Crippen molar-refractivity contribution in [3.05, 3.63) is 11.8 Å². The maximum Gasteiger partial charge on any atom is 0.251 e. The molecule has 2 aliphatic heterocycles. The van der Waals surface area contributed by atoms with E-state index in [1.54, 1.807) is 6.92 Å². The number of alkyl halides is 1. The van der Waals surface area contributed by atoms with Crippen LogP contribution in [0.1, 0.15) is 6.92 Å². The number of ether oxygens (including phenoxy) is 1. The molecule has 1 amide bonds. The van der Waals surface area contributed by atoms with Gasteiger partial charge in [-0.1, -0.05) is 0 Å². The van der Waals surface area contributed by atoms with Gasteiger partial charge in [-0.25, -0.2) is 0 Å². The number of hydrogen-bond donors (Lipinski definition) is 4. The maximum atomic E-state index is 11.3. The lowest BCUT2D eigenvalue weighted by atomic mass is 10.1. The molecule has 0 aromatic rings. The van der Waals surface area contributed by atoms with Crippen LogP contribution >= 0.6 is 11.6 Å². The van der Waals surface area contributed by atoms with Crippen LogP contribution in [0.4, 0.5) is 0 Å². The minimum atomic E-state index is -1.28. The van der Waals surface area contributed by atoms with Gasteiger partial charge in [0.05, 0.1) is 6.61 Å². The number of amides is 1. The van der Waals surface area contributed by atoms with Gasteiger partial charge in [0.2, 0.25) is 6.35 Å². The number of aliphatic hydroxyl groups is 3. The Kier molecular flexibility index (Phi) is 3.79. The summed E-state index contributed by atoms with van der Waals surface area (Å²) in [4.78, 5) is 12.6. The molecule has 0 aliphatic carbocycles. The summed E-state index contributed by atoms with van der Waals surface area (Å²) in [6, 6.07) is 0. The van der Waals surface area contributed by atoms with Gasteiger partial charge >= 0.3 is 0 Å². The van der Waals surface area contributed by atoms with Crippen LogP contribution in [-0.2, 0) is 9.53 Å². The van der Waals surface area contributed by atoms with E-state index in [0.717, 1.165) is 0 Å². The molecule has 1 fully saturated rings. The Morgan fingerprint density at radius 1 is 1.56 bits per heavy atom. The van der Waals surface area contributed by atoms with E-state index in [9.17, 15) is 15.0 Å². The summed E-state index contributed by atoms with van der Waals surface area (Å²) in [5.74, 6) is -0.387. The van der Waals surface area contributed by atoms with Crippen molar-refractivity contribution in [2.75, 3.05) is 6.61 Å². The molecular weight excluding hydrogens is 264 g/mol. The predicted octanol–water partition coefficient (Wildman–Crippen LogP) is -1.72. The lowest BCUT2D eigenvalue weighted by molar-refractivity contribution is -0.143. The molecule has 2 rings (SSSR count). The molecule has 1 saturated heterocycles. The van der Waals surface area contributed by atoms with Gasteiger partial charge in [0.15, 0.2) is 6.23 Å². The quantitative estimate of drug-likeness (QED) is 0.448. The fourth-order valence-electron chi connectivity index (χ4n) is 1.97. The molecule has 18 heavy (non-hydrogen) atoms. The van der Waals surface area contributed by atoms with E-state index in [2.05, 4.69) is 5.32 Å². The van der Waals surface area contributed by atoms with Gasteiger partial charge in [0, 0.05) is 11.8 Å². The second-order valence-corrected chi connectivity index (χ2v) is 4.79. The zero-order valence-electron chi connectivity index (χ0n) is 9.65. The van der Waals surface area contributed by atoms with Crippen LogP contribution in [0.3, 0.4) is 0 Å². The molecule has 0 aromatic carbocycles. The average Bonchev–Trinajstić information content (AvgIpc) is 2.61. The first-order valence-corrected chi connectivity index (χ1v) is 5.92. The standard InChI is InChI=1S/C10H15ClN2O5/c1-4-2-13(10(17)12-8(4)16)9-6(11)7(15)5(3-14)18-9/h2,5-7,9-10,14-15,17H,3H2,1H3,(H,12,16)/t5-,6?,7?,9-,10?/m1/s1. The summed E-state index contributed by atoms with van der Waals surface area (Å²) in [7, 11) is 0.